The van der Waals surface area contributed by atoms with Gasteiger partial charge >= 0.3 is 10.5 Å². The van der Waals surface area contributed by atoms with Gasteiger partial charge in [-0.15, -0.1) is 0 Å². The molecule has 1 fully saturated rings. The van der Waals surface area contributed by atoms with Crippen LogP contribution in [0.25, 0.3) is 11.1 Å². The Morgan fingerprint density at radius 1 is 1.04 bits per heavy atom. The van der Waals surface area contributed by atoms with Crippen molar-refractivity contribution in [3.05, 3.63) is 54.1 Å². The maximum absolute atomic E-state index is 11.9. The Morgan fingerprint density at radius 2 is 1.63 bits per heavy atom. The van der Waals surface area contributed by atoms with E-state index in [-0.39, 0.29) is 12.5 Å². The number of benzene rings is 2. The van der Waals surface area contributed by atoms with E-state index in [1.807, 2.05) is 36.4 Å². The standard InChI is InChI=1S/C19H20N2O5S/c1-21(2)19(22)15-5-3-13(4-6-15)14-7-9-16(10-8-14)26-18-12-25-11-17(18)20-27(23)24/h3-10,17-18H,11-12H2,1-2H3. The molecule has 1 aliphatic rings. The minimum Gasteiger partial charge on any atom is -0.486 e. The molecule has 7 nitrogen and oxygen atoms in total. The van der Waals surface area contributed by atoms with Crippen LogP contribution in [-0.2, 0) is 15.2 Å². The molecule has 1 amide bonds. The number of rotatable bonds is 5. The smallest absolute Gasteiger partial charge is 0.311 e. The molecule has 0 N–H and O–H groups in total. The first-order valence-corrected chi connectivity index (χ1v) is 9.44. The van der Waals surface area contributed by atoms with Crippen molar-refractivity contribution >= 4 is 16.4 Å². The molecule has 1 aliphatic heterocycles. The Balaban J connectivity index is 1.70. The van der Waals surface area contributed by atoms with Crippen molar-refractivity contribution in [1.82, 2.24) is 4.90 Å². The molecule has 2 aromatic carbocycles. The molecule has 1 heterocycles. The number of hydrogen-bond acceptors (Lipinski definition) is 6. The second-order valence-corrected chi connectivity index (χ2v) is 7.03. The highest BCUT2D eigenvalue weighted by molar-refractivity contribution is 7.61. The maximum Gasteiger partial charge on any atom is 0.311 e. The van der Waals surface area contributed by atoms with Crippen molar-refractivity contribution in [3.63, 3.8) is 0 Å². The van der Waals surface area contributed by atoms with E-state index in [1.54, 1.807) is 26.2 Å². The van der Waals surface area contributed by atoms with Crippen LogP contribution in [0.4, 0.5) is 0 Å². The number of carbonyl (C=O) groups is 1. The topological polar surface area (TPSA) is 85.3 Å². The second kappa shape index (κ2) is 8.32. The first-order chi connectivity index (χ1) is 12.9. The van der Waals surface area contributed by atoms with Crippen LogP contribution in [0.1, 0.15) is 10.4 Å². The van der Waals surface area contributed by atoms with Crippen molar-refractivity contribution < 1.29 is 22.7 Å². The van der Waals surface area contributed by atoms with E-state index in [9.17, 15) is 13.2 Å². The predicted octanol–water partition coefficient (Wildman–Crippen LogP) is 2.26. The van der Waals surface area contributed by atoms with Crippen LogP contribution >= 0.6 is 0 Å². The molecule has 2 unspecified atom stereocenters. The van der Waals surface area contributed by atoms with E-state index in [0.717, 1.165) is 11.1 Å². The van der Waals surface area contributed by atoms with Crippen molar-refractivity contribution in [2.45, 2.75) is 12.1 Å². The van der Waals surface area contributed by atoms with Gasteiger partial charge in [-0.2, -0.15) is 12.8 Å². The van der Waals surface area contributed by atoms with Crippen molar-refractivity contribution in [2.24, 2.45) is 4.36 Å². The van der Waals surface area contributed by atoms with Gasteiger partial charge in [-0.1, -0.05) is 24.3 Å². The average Bonchev–Trinajstić information content (AvgIpc) is 3.08. The van der Waals surface area contributed by atoms with Crippen LogP contribution in [0.15, 0.2) is 52.9 Å². The van der Waals surface area contributed by atoms with Crippen LogP contribution in [0.5, 0.6) is 5.75 Å². The molecule has 2 aromatic rings. The number of carbonyl (C=O) groups excluding carboxylic acids is 1. The Bertz CT molecular complexity index is 929. The zero-order valence-electron chi connectivity index (χ0n) is 15.0. The Morgan fingerprint density at radius 3 is 2.19 bits per heavy atom. The highest BCUT2D eigenvalue weighted by Crippen LogP contribution is 2.25. The fourth-order valence-electron chi connectivity index (χ4n) is 2.81. The SMILES string of the molecule is CN(C)C(=O)c1ccc(-c2ccc(OC3COCC3N=S(=O)=O)cc2)cc1. The summed E-state index contributed by atoms with van der Waals surface area (Å²) in [6.45, 7) is 0.531. The molecule has 0 bridgehead atoms. The molecule has 0 spiro atoms. The molecule has 1 saturated heterocycles. The van der Waals surface area contributed by atoms with E-state index in [0.29, 0.717) is 17.9 Å². The molecule has 142 valence electrons. The number of ether oxygens (including phenoxy) is 2. The van der Waals surface area contributed by atoms with E-state index >= 15 is 0 Å². The maximum atomic E-state index is 11.9. The molecule has 0 saturated carbocycles. The van der Waals surface area contributed by atoms with Crippen molar-refractivity contribution in [2.75, 3.05) is 27.3 Å². The predicted molar refractivity (Wildman–Crippen MR) is 100 cm³/mol. The second-order valence-electron chi connectivity index (χ2n) is 6.38. The first kappa shape index (κ1) is 19.1. The summed E-state index contributed by atoms with van der Waals surface area (Å²) in [5.74, 6) is 0.577. The zero-order chi connectivity index (χ0) is 19.4. The van der Waals surface area contributed by atoms with Gasteiger partial charge < -0.3 is 14.4 Å². The van der Waals surface area contributed by atoms with E-state index in [4.69, 9.17) is 9.47 Å². The Hall–Kier alpha value is -2.71. The monoisotopic (exact) mass is 388 g/mol. The van der Waals surface area contributed by atoms with E-state index in [2.05, 4.69) is 4.36 Å². The number of nitrogens with zero attached hydrogens (tertiary/aromatic N) is 2. The Labute approximate surface area is 159 Å². The molecule has 0 aliphatic carbocycles. The minimum atomic E-state index is -2.48. The van der Waals surface area contributed by atoms with E-state index in [1.165, 1.54) is 4.90 Å². The normalized spacial score (nSPS) is 18.7. The minimum absolute atomic E-state index is 0.0388. The van der Waals surface area contributed by atoms with Gasteiger partial charge in [-0.3, -0.25) is 4.79 Å². The largest absolute Gasteiger partial charge is 0.486 e. The Kier molecular flexibility index (Phi) is 5.88. The van der Waals surface area contributed by atoms with Gasteiger partial charge in [0.2, 0.25) is 0 Å². The first-order valence-electron chi connectivity index (χ1n) is 8.41. The zero-order valence-corrected chi connectivity index (χ0v) is 15.8. The lowest BCUT2D eigenvalue weighted by molar-refractivity contribution is 0.0827. The van der Waals surface area contributed by atoms with Gasteiger partial charge in [0.15, 0.2) is 0 Å². The summed E-state index contributed by atoms with van der Waals surface area (Å²) < 4.78 is 36.2. The number of hydrogen-bond donors (Lipinski definition) is 0. The molecule has 8 heteroatoms. The summed E-state index contributed by atoms with van der Waals surface area (Å²) in [4.78, 5) is 13.5. The lowest BCUT2D eigenvalue weighted by Crippen LogP contribution is -2.28. The summed E-state index contributed by atoms with van der Waals surface area (Å²) in [6, 6.07) is 14.3. The van der Waals surface area contributed by atoms with Gasteiger partial charge in [0.05, 0.1) is 13.2 Å². The fraction of sp³-hybridized carbons (Fsp3) is 0.316. The summed E-state index contributed by atoms with van der Waals surface area (Å²) in [6.07, 6.45) is -0.426. The quantitative estimate of drug-likeness (QED) is 0.784. The van der Waals surface area contributed by atoms with Crippen molar-refractivity contribution in [3.8, 4) is 16.9 Å². The summed E-state index contributed by atoms with van der Waals surface area (Å²) in [5, 5.41) is 0. The van der Waals surface area contributed by atoms with Crippen molar-refractivity contribution in [1.29, 1.82) is 0 Å². The van der Waals surface area contributed by atoms with Gasteiger partial charge in [0, 0.05) is 19.7 Å². The van der Waals surface area contributed by atoms with Gasteiger partial charge in [-0.25, -0.2) is 0 Å². The molecular formula is C19H20N2O5S. The molecule has 0 aromatic heterocycles. The summed E-state index contributed by atoms with van der Waals surface area (Å²) in [5.41, 5.74) is 2.60. The summed E-state index contributed by atoms with van der Waals surface area (Å²) >= 11 is 0. The van der Waals surface area contributed by atoms with Gasteiger partial charge in [0.1, 0.15) is 17.9 Å². The van der Waals surface area contributed by atoms with Crippen LogP contribution in [-0.4, -0.2) is 58.7 Å². The van der Waals surface area contributed by atoms with Crippen LogP contribution in [0.3, 0.4) is 0 Å². The molecule has 2 atom stereocenters. The highest BCUT2D eigenvalue weighted by atomic mass is 32.2. The van der Waals surface area contributed by atoms with Crippen LogP contribution in [0, 0.1) is 0 Å². The molecule has 3 rings (SSSR count). The van der Waals surface area contributed by atoms with Crippen LogP contribution in [0.2, 0.25) is 0 Å². The third-order valence-electron chi connectivity index (χ3n) is 4.23. The van der Waals surface area contributed by atoms with Gasteiger partial charge in [0.25, 0.3) is 5.91 Å². The average molecular weight is 388 g/mol. The third kappa shape index (κ3) is 4.72. The molecule has 0 radical (unpaired) electrons. The highest BCUT2D eigenvalue weighted by Gasteiger charge is 2.30. The third-order valence-corrected chi connectivity index (χ3v) is 4.68. The fourth-order valence-corrected chi connectivity index (χ4v) is 3.23. The van der Waals surface area contributed by atoms with Crippen LogP contribution < -0.4 is 4.74 Å². The lowest BCUT2D eigenvalue weighted by atomic mass is 10.0. The lowest BCUT2D eigenvalue weighted by Gasteiger charge is -2.15. The summed E-state index contributed by atoms with van der Waals surface area (Å²) in [7, 11) is 0.955. The molecule has 27 heavy (non-hydrogen) atoms. The number of amides is 1. The van der Waals surface area contributed by atoms with Gasteiger partial charge in [-0.05, 0) is 35.4 Å². The molecular weight excluding hydrogens is 368 g/mol. The van der Waals surface area contributed by atoms with E-state index < -0.39 is 22.6 Å².